The Hall–Kier alpha value is -3.29. The summed E-state index contributed by atoms with van der Waals surface area (Å²) in [5.41, 5.74) is 6.47. The Bertz CT molecular complexity index is 1350. The SMILES string of the molecule is Cc1nc(C)c([C@H](OC(C)(C)C)C(=O)O)c(N2CCC(C)(C)CC2)c1-c1ccc(COCc2ccc(F)cc2)cc1. The first-order valence-corrected chi connectivity index (χ1v) is 14.3. The van der Waals surface area contributed by atoms with Gasteiger partial charge in [-0.05, 0) is 81.7 Å². The molecule has 220 valence electrons. The fourth-order valence-corrected chi connectivity index (χ4v) is 5.39. The predicted octanol–water partition coefficient (Wildman–Crippen LogP) is 7.79. The lowest BCUT2D eigenvalue weighted by Gasteiger charge is -2.41. The summed E-state index contributed by atoms with van der Waals surface area (Å²) in [5.74, 6) is -1.28. The van der Waals surface area contributed by atoms with Crippen LogP contribution in [-0.2, 0) is 27.5 Å². The number of benzene rings is 2. The van der Waals surface area contributed by atoms with Crippen LogP contribution < -0.4 is 4.90 Å². The Morgan fingerprint density at radius 1 is 0.976 bits per heavy atom. The zero-order chi connectivity index (χ0) is 29.9. The van der Waals surface area contributed by atoms with Gasteiger partial charge < -0.3 is 19.5 Å². The average Bonchev–Trinajstić information content (AvgIpc) is 2.88. The normalized spacial score (nSPS) is 16.0. The number of carbonyl (C=O) groups is 1. The minimum atomic E-state index is -1.15. The molecule has 2 aromatic carbocycles. The number of aromatic nitrogens is 1. The number of carboxylic acids is 1. The molecular weight excluding hydrogens is 519 g/mol. The molecule has 0 bridgehead atoms. The minimum Gasteiger partial charge on any atom is -0.479 e. The van der Waals surface area contributed by atoms with Gasteiger partial charge in [0.05, 0.1) is 24.5 Å². The first-order valence-electron chi connectivity index (χ1n) is 14.3. The van der Waals surface area contributed by atoms with Crippen LogP contribution in [0.25, 0.3) is 11.1 Å². The zero-order valence-electron chi connectivity index (χ0n) is 25.4. The third-order valence-corrected chi connectivity index (χ3v) is 7.66. The molecule has 4 rings (SSSR count). The number of pyridine rings is 1. The molecule has 1 atom stereocenters. The van der Waals surface area contributed by atoms with Crippen molar-refractivity contribution in [2.45, 2.75) is 86.2 Å². The van der Waals surface area contributed by atoms with Crippen LogP contribution in [0.2, 0.25) is 0 Å². The lowest BCUT2D eigenvalue weighted by Crippen LogP contribution is -2.39. The van der Waals surface area contributed by atoms with Crippen molar-refractivity contribution in [3.63, 3.8) is 0 Å². The molecule has 0 aliphatic carbocycles. The van der Waals surface area contributed by atoms with E-state index in [0.717, 1.165) is 59.6 Å². The smallest absolute Gasteiger partial charge is 0.337 e. The number of aryl methyl sites for hydroxylation is 2. The fraction of sp³-hybridized carbons (Fsp3) is 0.471. The average molecular weight is 563 g/mol. The van der Waals surface area contributed by atoms with E-state index in [1.165, 1.54) is 12.1 Å². The van der Waals surface area contributed by atoms with Gasteiger partial charge in [0.25, 0.3) is 0 Å². The Labute approximate surface area is 243 Å². The fourth-order valence-electron chi connectivity index (χ4n) is 5.39. The van der Waals surface area contributed by atoms with Gasteiger partial charge in [0.1, 0.15) is 5.82 Å². The largest absolute Gasteiger partial charge is 0.479 e. The molecule has 41 heavy (non-hydrogen) atoms. The van der Waals surface area contributed by atoms with Crippen LogP contribution in [0.4, 0.5) is 10.1 Å². The molecule has 1 saturated heterocycles. The third-order valence-electron chi connectivity index (χ3n) is 7.66. The predicted molar refractivity (Wildman–Crippen MR) is 160 cm³/mol. The Balaban J connectivity index is 1.71. The number of hydrogen-bond donors (Lipinski definition) is 1. The van der Waals surface area contributed by atoms with E-state index in [4.69, 9.17) is 14.5 Å². The van der Waals surface area contributed by atoms with E-state index in [9.17, 15) is 14.3 Å². The van der Waals surface area contributed by atoms with Gasteiger partial charge in [-0.2, -0.15) is 0 Å². The first-order chi connectivity index (χ1) is 19.2. The van der Waals surface area contributed by atoms with Crippen molar-refractivity contribution in [2.75, 3.05) is 18.0 Å². The number of carboxylic acid groups (broad SMARTS) is 1. The van der Waals surface area contributed by atoms with Crippen LogP contribution in [0.1, 0.15) is 81.6 Å². The first kappa shape index (κ1) is 30.7. The van der Waals surface area contributed by atoms with Crippen molar-refractivity contribution >= 4 is 11.7 Å². The number of halogens is 1. The van der Waals surface area contributed by atoms with Gasteiger partial charge in [0.2, 0.25) is 0 Å². The van der Waals surface area contributed by atoms with Crippen molar-refractivity contribution < 1.29 is 23.8 Å². The Morgan fingerprint density at radius 3 is 2.02 bits per heavy atom. The molecule has 0 spiro atoms. The second-order valence-electron chi connectivity index (χ2n) is 12.8. The quantitative estimate of drug-likeness (QED) is 0.287. The monoisotopic (exact) mass is 562 g/mol. The molecule has 7 heteroatoms. The molecule has 0 saturated carbocycles. The van der Waals surface area contributed by atoms with Crippen LogP contribution >= 0.6 is 0 Å². The van der Waals surface area contributed by atoms with Gasteiger partial charge in [-0.25, -0.2) is 9.18 Å². The molecule has 0 amide bonds. The summed E-state index contributed by atoms with van der Waals surface area (Å²) in [6, 6.07) is 14.5. The zero-order valence-corrected chi connectivity index (χ0v) is 25.4. The summed E-state index contributed by atoms with van der Waals surface area (Å²) in [7, 11) is 0. The lowest BCUT2D eigenvalue weighted by molar-refractivity contribution is -0.160. The van der Waals surface area contributed by atoms with E-state index in [1.807, 2.05) is 46.8 Å². The second-order valence-corrected chi connectivity index (χ2v) is 12.8. The number of ether oxygens (including phenoxy) is 2. The van der Waals surface area contributed by atoms with Gasteiger partial charge in [0, 0.05) is 35.6 Å². The van der Waals surface area contributed by atoms with Crippen molar-refractivity contribution in [1.29, 1.82) is 0 Å². The van der Waals surface area contributed by atoms with Gasteiger partial charge in [0.15, 0.2) is 6.10 Å². The maximum absolute atomic E-state index is 13.2. The van der Waals surface area contributed by atoms with Crippen molar-refractivity contribution in [1.82, 2.24) is 4.98 Å². The highest BCUT2D eigenvalue weighted by Gasteiger charge is 2.36. The molecular formula is C34H43FN2O4. The van der Waals surface area contributed by atoms with Gasteiger partial charge in [-0.3, -0.25) is 4.98 Å². The lowest BCUT2D eigenvalue weighted by atomic mass is 9.81. The highest BCUT2D eigenvalue weighted by atomic mass is 19.1. The van der Waals surface area contributed by atoms with E-state index in [1.54, 1.807) is 12.1 Å². The van der Waals surface area contributed by atoms with Crippen molar-refractivity contribution in [3.05, 3.63) is 82.4 Å². The summed E-state index contributed by atoms with van der Waals surface area (Å²) >= 11 is 0. The maximum atomic E-state index is 13.2. The molecule has 0 unspecified atom stereocenters. The molecule has 1 aromatic heterocycles. The molecule has 6 nitrogen and oxygen atoms in total. The summed E-state index contributed by atoms with van der Waals surface area (Å²) in [6.07, 6.45) is 0.870. The topological polar surface area (TPSA) is 71.9 Å². The van der Waals surface area contributed by atoms with Crippen LogP contribution in [0.15, 0.2) is 48.5 Å². The van der Waals surface area contributed by atoms with Gasteiger partial charge >= 0.3 is 5.97 Å². The van der Waals surface area contributed by atoms with Crippen LogP contribution in [0.5, 0.6) is 0 Å². The van der Waals surface area contributed by atoms with Crippen LogP contribution in [0, 0.1) is 25.1 Å². The molecule has 1 fully saturated rings. The summed E-state index contributed by atoms with van der Waals surface area (Å²) in [5, 5.41) is 10.4. The molecule has 1 aliphatic rings. The van der Waals surface area contributed by atoms with E-state index >= 15 is 0 Å². The van der Waals surface area contributed by atoms with Crippen molar-refractivity contribution in [2.24, 2.45) is 5.41 Å². The highest BCUT2D eigenvalue weighted by molar-refractivity contribution is 5.88. The van der Waals surface area contributed by atoms with Gasteiger partial charge in [-0.15, -0.1) is 0 Å². The third kappa shape index (κ3) is 7.72. The van der Waals surface area contributed by atoms with Crippen LogP contribution in [0.3, 0.4) is 0 Å². The van der Waals surface area contributed by atoms with E-state index in [2.05, 4.69) is 30.9 Å². The Morgan fingerprint density at radius 2 is 1.51 bits per heavy atom. The van der Waals surface area contributed by atoms with Crippen LogP contribution in [-0.4, -0.2) is 34.8 Å². The number of piperidine rings is 1. The molecule has 1 aliphatic heterocycles. The van der Waals surface area contributed by atoms with E-state index in [0.29, 0.717) is 24.5 Å². The minimum absolute atomic E-state index is 0.234. The molecule has 2 heterocycles. The summed E-state index contributed by atoms with van der Waals surface area (Å²) < 4.78 is 25.2. The van der Waals surface area contributed by atoms with E-state index in [-0.39, 0.29) is 11.2 Å². The van der Waals surface area contributed by atoms with Crippen molar-refractivity contribution in [3.8, 4) is 11.1 Å². The molecule has 0 radical (unpaired) electrons. The number of hydrogen-bond acceptors (Lipinski definition) is 5. The molecule has 1 N–H and O–H groups in total. The number of rotatable bonds is 9. The van der Waals surface area contributed by atoms with Gasteiger partial charge in [-0.1, -0.05) is 50.2 Å². The number of anilines is 1. The highest BCUT2D eigenvalue weighted by Crippen LogP contribution is 2.44. The van der Waals surface area contributed by atoms with E-state index < -0.39 is 17.7 Å². The standard InChI is InChI=1S/C34H43FN2O4/c1-22-28(26-12-8-24(9-13-26)20-40-21-25-10-14-27(35)15-11-25)30(37-18-16-34(6,7)17-19-37)29(23(2)36-22)31(32(38)39)41-33(3,4)5/h8-15,31H,16-21H2,1-7H3,(H,38,39)/t31-/m0/s1. The summed E-state index contributed by atoms with van der Waals surface area (Å²) in [4.78, 5) is 19.9. The second kappa shape index (κ2) is 12.3. The maximum Gasteiger partial charge on any atom is 0.337 e. The molecule has 3 aromatic rings. The summed E-state index contributed by atoms with van der Waals surface area (Å²) in [6.45, 7) is 16.5. The Kier molecular flexibility index (Phi) is 9.19. The number of nitrogens with zero attached hydrogens (tertiary/aromatic N) is 2. The number of aliphatic carboxylic acids is 1.